The van der Waals surface area contributed by atoms with Crippen molar-refractivity contribution >= 4 is 33.3 Å². The van der Waals surface area contributed by atoms with E-state index in [1.807, 2.05) is 6.92 Å². The zero-order chi connectivity index (χ0) is 18.4. The summed E-state index contributed by atoms with van der Waals surface area (Å²) in [6.45, 7) is 2.07. The van der Waals surface area contributed by atoms with E-state index in [2.05, 4.69) is 21.0 Å². The van der Waals surface area contributed by atoms with Gasteiger partial charge in [-0.1, -0.05) is 15.9 Å². The van der Waals surface area contributed by atoms with Gasteiger partial charge in [0.15, 0.2) is 5.78 Å². The summed E-state index contributed by atoms with van der Waals surface area (Å²) in [5.41, 5.74) is -0.0862. The summed E-state index contributed by atoms with van der Waals surface area (Å²) in [4.78, 5) is 26.2. The molecule has 1 aliphatic heterocycles. The number of Topliss-reactive ketones (excluding diaryl/α,β-unsaturated/α-hetero) is 1. The summed E-state index contributed by atoms with van der Waals surface area (Å²) in [6.07, 6.45) is -3.09. The van der Waals surface area contributed by atoms with Gasteiger partial charge < -0.3 is 4.90 Å². The zero-order valence-electron chi connectivity index (χ0n) is 13.0. The number of anilines is 1. The van der Waals surface area contributed by atoms with E-state index >= 15 is 0 Å². The lowest BCUT2D eigenvalue weighted by Crippen LogP contribution is -2.43. The minimum Gasteiger partial charge on any atom is -0.305 e. The van der Waals surface area contributed by atoms with Gasteiger partial charge in [-0.15, -0.1) is 0 Å². The van der Waals surface area contributed by atoms with E-state index < -0.39 is 17.6 Å². The van der Waals surface area contributed by atoms with Gasteiger partial charge in [-0.25, -0.2) is 0 Å². The fourth-order valence-corrected chi connectivity index (χ4v) is 3.09. The highest BCUT2D eigenvalue weighted by atomic mass is 79.9. The number of hydrogen-bond acceptors (Lipinski definition) is 3. The van der Waals surface area contributed by atoms with Crippen LogP contribution >= 0.6 is 15.9 Å². The first-order valence-electron chi connectivity index (χ1n) is 7.40. The van der Waals surface area contributed by atoms with Crippen molar-refractivity contribution < 1.29 is 22.8 Å². The van der Waals surface area contributed by atoms with Crippen LogP contribution in [0.2, 0.25) is 0 Å². The number of ketones is 1. The molecule has 1 aromatic heterocycles. The zero-order valence-corrected chi connectivity index (χ0v) is 14.6. The average Bonchev–Trinajstić information content (AvgIpc) is 3.02. The first-order valence-corrected chi connectivity index (χ1v) is 8.52. The third kappa shape index (κ3) is 3.08. The molecule has 0 N–H and O–H groups in total. The lowest BCUT2D eigenvalue weighted by molar-refractivity contribution is -0.137. The molecule has 1 aromatic carbocycles. The van der Waals surface area contributed by atoms with Gasteiger partial charge in [0.2, 0.25) is 0 Å². The Kier molecular flexibility index (Phi) is 4.44. The molecule has 1 atom stereocenters. The quantitative estimate of drug-likeness (QED) is 0.567. The molecule has 0 unspecified atom stereocenters. The van der Waals surface area contributed by atoms with Crippen molar-refractivity contribution in [2.75, 3.05) is 16.8 Å². The van der Waals surface area contributed by atoms with Crippen molar-refractivity contribution in [3.63, 3.8) is 0 Å². The summed E-state index contributed by atoms with van der Waals surface area (Å²) in [5.74, 6) is -0.740. The molecule has 2 heterocycles. The van der Waals surface area contributed by atoms with Crippen molar-refractivity contribution in [3.05, 3.63) is 47.3 Å². The number of halogens is 4. The van der Waals surface area contributed by atoms with E-state index in [1.165, 1.54) is 27.9 Å². The molecule has 0 bridgehead atoms. The first-order chi connectivity index (χ1) is 11.7. The molecule has 0 saturated heterocycles. The van der Waals surface area contributed by atoms with Gasteiger partial charge in [-0.05, 0) is 31.2 Å². The monoisotopic (exact) mass is 415 g/mol. The Bertz CT molecular complexity index is 830. The highest BCUT2D eigenvalue weighted by molar-refractivity contribution is 9.09. The minimum atomic E-state index is -4.44. The Morgan fingerprint density at radius 3 is 2.52 bits per heavy atom. The summed E-state index contributed by atoms with van der Waals surface area (Å²) in [5, 5.41) is 4.16. The molecule has 2 aromatic rings. The Morgan fingerprint density at radius 2 is 1.96 bits per heavy atom. The fraction of sp³-hybridized carbons (Fsp3) is 0.312. The van der Waals surface area contributed by atoms with Crippen LogP contribution in [0.5, 0.6) is 0 Å². The molecule has 5 nitrogen and oxygen atoms in total. The standard InChI is InChI=1S/C16H13BrF3N3O2/c1-9-8-22(11-4-2-10(3-5-11)16(18,19)20)15(25)14-12(13(24)6-17)7-21-23(9)14/h2-5,7,9H,6,8H2,1H3/t9-/m0/s1. The molecule has 9 heteroatoms. The molecule has 25 heavy (non-hydrogen) atoms. The van der Waals surface area contributed by atoms with Crippen LogP contribution in [0.15, 0.2) is 30.5 Å². The van der Waals surface area contributed by atoms with Crippen LogP contribution in [-0.2, 0) is 6.18 Å². The Balaban J connectivity index is 1.99. The molecule has 1 aliphatic rings. The highest BCUT2D eigenvalue weighted by Crippen LogP contribution is 2.32. The van der Waals surface area contributed by atoms with Gasteiger partial charge in [0.1, 0.15) is 5.69 Å². The second kappa shape index (κ2) is 6.29. The second-order valence-corrected chi connectivity index (χ2v) is 6.28. The fourth-order valence-electron chi connectivity index (χ4n) is 2.79. The Labute approximate surface area is 149 Å². The van der Waals surface area contributed by atoms with Crippen molar-refractivity contribution in [1.29, 1.82) is 0 Å². The van der Waals surface area contributed by atoms with Crippen molar-refractivity contribution in [3.8, 4) is 0 Å². The molecular formula is C16H13BrF3N3O2. The molecule has 0 aliphatic carbocycles. The number of nitrogens with zero attached hydrogens (tertiary/aromatic N) is 3. The van der Waals surface area contributed by atoms with Crippen molar-refractivity contribution in [2.24, 2.45) is 0 Å². The minimum absolute atomic E-state index is 0.0492. The molecule has 0 fully saturated rings. The Hall–Kier alpha value is -2.16. The SMILES string of the molecule is C[C@H]1CN(c2ccc(C(F)(F)F)cc2)C(=O)c2c(C(=O)CBr)cnn21. The third-order valence-electron chi connectivity index (χ3n) is 4.04. The predicted molar refractivity (Wildman–Crippen MR) is 88.2 cm³/mol. The highest BCUT2D eigenvalue weighted by Gasteiger charge is 2.35. The van der Waals surface area contributed by atoms with Crippen LogP contribution in [0.3, 0.4) is 0 Å². The molecule has 0 spiro atoms. The summed E-state index contributed by atoms with van der Waals surface area (Å²) >= 11 is 3.07. The van der Waals surface area contributed by atoms with Gasteiger partial charge in [0.25, 0.3) is 5.91 Å². The van der Waals surface area contributed by atoms with E-state index in [0.29, 0.717) is 5.69 Å². The number of carbonyl (C=O) groups is 2. The van der Waals surface area contributed by atoms with Gasteiger partial charge >= 0.3 is 6.18 Å². The largest absolute Gasteiger partial charge is 0.416 e. The summed E-state index contributed by atoms with van der Waals surface area (Å²) in [7, 11) is 0. The maximum Gasteiger partial charge on any atom is 0.416 e. The van der Waals surface area contributed by atoms with Crippen molar-refractivity contribution in [1.82, 2.24) is 9.78 Å². The Morgan fingerprint density at radius 1 is 1.32 bits per heavy atom. The lowest BCUT2D eigenvalue weighted by Gasteiger charge is -2.32. The van der Waals surface area contributed by atoms with Crippen LogP contribution in [0.4, 0.5) is 18.9 Å². The van der Waals surface area contributed by atoms with Gasteiger partial charge in [0.05, 0.1) is 28.7 Å². The number of aromatic nitrogens is 2. The van der Waals surface area contributed by atoms with E-state index in [4.69, 9.17) is 0 Å². The van der Waals surface area contributed by atoms with Crippen LogP contribution in [0.25, 0.3) is 0 Å². The number of fused-ring (bicyclic) bond motifs is 1. The topological polar surface area (TPSA) is 55.2 Å². The predicted octanol–water partition coefficient (Wildman–Crippen LogP) is 3.70. The molecule has 132 valence electrons. The average molecular weight is 416 g/mol. The molecular weight excluding hydrogens is 403 g/mol. The van der Waals surface area contributed by atoms with E-state index in [9.17, 15) is 22.8 Å². The molecule has 0 radical (unpaired) electrons. The number of rotatable bonds is 3. The van der Waals surface area contributed by atoms with Gasteiger partial charge in [-0.2, -0.15) is 18.3 Å². The van der Waals surface area contributed by atoms with Crippen molar-refractivity contribution in [2.45, 2.75) is 19.1 Å². The molecule has 1 amide bonds. The summed E-state index contributed by atoms with van der Waals surface area (Å²) in [6, 6.07) is 4.16. The maximum atomic E-state index is 12.8. The number of alkyl halides is 4. The second-order valence-electron chi connectivity index (χ2n) is 5.72. The van der Waals surface area contributed by atoms with Gasteiger partial charge in [-0.3, -0.25) is 14.3 Å². The number of benzene rings is 1. The lowest BCUT2D eigenvalue weighted by atomic mass is 10.1. The van der Waals surface area contributed by atoms with E-state index in [-0.39, 0.29) is 35.0 Å². The van der Waals surface area contributed by atoms with Crippen LogP contribution in [0, 0.1) is 0 Å². The summed E-state index contributed by atoms with van der Waals surface area (Å²) < 4.78 is 39.6. The van der Waals surface area contributed by atoms with E-state index in [0.717, 1.165) is 12.1 Å². The smallest absolute Gasteiger partial charge is 0.305 e. The van der Waals surface area contributed by atoms with Crippen LogP contribution in [0.1, 0.15) is 39.4 Å². The van der Waals surface area contributed by atoms with E-state index in [1.54, 1.807) is 0 Å². The maximum absolute atomic E-state index is 12.8. The molecule has 0 saturated carbocycles. The van der Waals surface area contributed by atoms with Gasteiger partial charge in [0, 0.05) is 12.2 Å². The molecule has 3 rings (SSSR count). The van der Waals surface area contributed by atoms with Crippen LogP contribution in [-0.4, -0.2) is 33.3 Å². The number of hydrogen-bond donors (Lipinski definition) is 0. The third-order valence-corrected chi connectivity index (χ3v) is 4.54. The normalized spacial score (nSPS) is 17.6. The number of carbonyl (C=O) groups excluding carboxylic acids is 2. The van der Waals surface area contributed by atoms with Crippen LogP contribution < -0.4 is 4.90 Å². The number of amides is 1. The first kappa shape index (κ1) is 17.7.